The summed E-state index contributed by atoms with van der Waals surface area (Å²) in [7, 11) is 0. The van der Waals surface area contributed by atoms with E-state index in [1.54, 1.807) is 6.07 Å². The van der Waals surface area contributed by atoms with Crippen LogP contribution >= 0.6 is 0 Å². The lowest BCUT2D eigenvalue weighted by atomic mass is 10.1. The van der Waals surface area contributed by atoms with E-state index in [1.807, 2.05) is 0 Å². The van der Waals surface area contributed by atoms with Crippen LogP contribution in [0.3, 0.4) is 0 Å². The first-order chi connectivity index (χ1) is 11.6. The number of aliphatic hydroxyl groups is 1. The molecule has 1 aromatic heterocycles. The van der Waals surface area contributed by atoms with Gasteiger partial charge in [-0.05, 0) is 18.2 Å². The quantitative estimate of drug-likeness (QED) is 0.746. The van der Waals surface area contributed by atoms with E-state index in [4.69, 9.17) is 9.47 Å². The SMILES string of the molecule is O=C(CCc1nc2ccc(F)cc2[nH]1)N[C@@H]1CO[C@H]2[C@@H]1OC[C@H]2O. The highest BCUT2D eigenvalue weighted by molar-refractivity contribution is 5.77. The van der Waals surface area contributed by atoms with Gasteiger partial charge < -0.3 is 24.9 Å². The van der Waals surface area contributed by atoms with Gasteiger partial charge in [-0.3, -0.25) is 4.79 Å². The summed E-state index contributed by atoms with van der Waals surface area (Å²) >= 11 is 0. The van der Waals surface area contributed by atoms with Crippen LogP contribution in [0.2, 0.25) is 0 Å². The first kappa shape index (κ1) is 15.5. The molecule has 24 heavy (non-hydrogen) atoms. The number of carbonyl (C=O) groups excluding carboxylic acids is 1. The summed E-state index contributed by atoms with van der Waals surface area (Å²) < 4.78 is 24.1. The molecule has 128 valence electrons. The van der Waals surface area contributed by atoms with Crippen LogP contribution in [0, 0.1) is 5.82 Å². The van der Waals surface area contributed by atoms with Crippen molar-refractivity contribution in [3.05, 3.63) is 29.8 Å². The number of nitrogens with zero attached hydrogens (tertiary/aromatic N) is 1. The molecular weight excluding hydrogens is 317 g/mol. The molecule has 3 heterocycles. The molecule has 0 bridgehead atoms. The van der Waals surface area contributed by atoms with E-state index in [0.29, 0.717) is 29.9 Å². The minimum atomic E-state index is -0.632. The van der Waals surface area contributed by atoms with E-state index < -0.39 is 6.10 Å². The first-order valence-corrected chi connectivity index (χ1v) is 7.95. The standard InChI is InChI=1S/C16H18FN3O4/c17-8-1-2-9-10(5-8)19-13(18-9)3-4-14(22)20-11-6-23-16-12(21)7-24-15(11)16/h1-2,5,11-12,15-16,21H,3-4,6-7H2,(H,18,19)(H,20,22)/t11-,12-,15-,16-/m1/s1. The average Bonchev–Trinajstić information content (AvgIpc) is 3.22. The van der Waals surface area contributed by atoms with E-state index in [9.17, 15) is 14.3 Å². The molecule has 0 saturated carbocycles. The van der Waals surface area contributed by atoms with E-state index in [2.05, 4.69) is 15.3 Å². The number of benzene rings is 1. The number of aliphatic hydroxyl groups excluding tert-OH is 1. The van der Waals surface area contributed by atoms with Crippen molar-refractivity contribution >= 4 is 16.9 Å². The number of hydrogen-bond donors (Lipinski definition) is 3. The zero-order chi connectivity index (χ0) is 16.7. The molecule has 0 spiro atoms. The highest BCUT2D eigenvalue weighted by atomic mass is 19.1. The molecule has 2 saturated heterocycles. The van der Waals surface area contributed by atoms with Gasteiger partial charge in [-0.1, -0.05) is 0 Å². The van der Waals surface area contributed by atoms with E-state index in [-0.39, 0.29) is 43.0 Å². The molecule has 8 heteroatoms. The average molecular weight is 335 g/mol. The highest BCUT2D eigenvalue weighted by Crippen LogP contribution is 2.27. The fourth-order valence-corrected chi connectivity index (χ4v) is 3.27. The molecule has 0 aliphatic carbocycles. The minimum Gasteiger partial charge on any atom is -0.388 e. The maximum absolute atomic E-state index is 13.2. The molecule has 2 aromatic rings. The molecule has 1 aromatic carbocycles. The topological polar surface area (TPSA) is 96.5 Å². The summed E-state index contributed by atoms with van der Waals surface area (Å²) in [5, 5.41) is 12.6. The maximum atomic E-state index is 13.2. The number of imidazole rings is 1. The van der Waals surface area contributed by atoms with Crippen LogP contribution in [0.1, 0.15) is 12.2 Å². The Kier molecular flexibility index (Phi) is 3.95. The fourth-order valence-electron chi connectivity index (χ4n) is 3.27. The maximum Gasteiger partial charge on any atom is 0.220 e. The Labute approximate surface area is 137 Å². The van der Waals surface area contributed by atoms with Gasteiger partial charge in [0.05, 0.1) is 30.3 Å². The van der Waals surface area contributed by atoms with Gasteiger partial charge in [0.2, 0.25) is 5.91 Å². The van der Waals surface area contributed by atoms with Gasteiger partial charge in [0, 0.05) is 12.8 Å². The van der Waals surface area contributed by atoms with Crippen LogP contribution in [0.5, 0.6) is 0 Å². The first-order valence-electron chi connectivity index (χ1n) is 7.95. The molecular formula is C16H18FN3O4. The predicted molar refractivity (Wildman–Crippen MR) is 81.8 cm³/mol. The van der Waals surface area contributed by atoms with Gasteiger partial charge in [0.25, 0.3) is 0 Å². The van der Waals surface area contributed by atoms with Gasteiger partial charge in [-0.15, -0.1) is 0 Å². The molecule has 0 radical (unpaired) electrons. The summed E-state index contributed by atoms with van der Waals surface area (Å²) in [6.45, 7) is 0.569. The predicted octanol–water partition coefficient (Wildman–Crippen LogP) is 0.278. The Morgan fingerprint density at radius 3 is 3.08 bits per heavy atom. The van der Waals surface area contributed by atoms with E-state index >= 15 is 0 Å². The van der Waals surface area contributed by atoms with Crippen molar-refractivity contribution in [2.75, 3.05) is 13.2 Å². The Bertz CT molecular complexity index is 765. The number of rotatable bonds is 4. The van der Waals surface area contributed by atoms with Gasteiger partial charge in [0.1, 0.15) is 30.0 Å². The van der Waals surface area contributed by atoms with Crippen LogP contribution in [-0.2, 0) is 20.7 Å². The second kappa shape index (κ2) is 6.12. The Balaban J connectivity index is 1.33. The number of nitrogens with one attached hydrogen (secondary N) is 2. The fraction of sp³-hybridized carbons (Fsp3) is 0.500. The third kappa shape index (κ3) is 2.88. The summed E-state index contributed by atoms with van der Waals surface area (Å²) in [5.74, 6) is 0.171. The van der Waals surface area contributed by atoms with Crippen LogP contribution in [0.4, 0.5) is 4.39 Å². The molecule has 2 fully saturated rings. The number of hydrogen-bond acceptors (Lipinski definition) is 5. The van der Waals surface area contributed by atoms with Gasteiger partial charge in [0.15, 0.2) is 0 Å². The number of aromatic nitrogens is 2. The number of ether oxygens (including phenoxy) is 2. The van der Waals surface area contributed by atoms with Crippen molar-refractivity contribution in [1.29, 1.82) is 0 Å². The van der Waals surface area contributed by atoms with Crippen molar-refractivity contribution in [3.8, 4) is 0 Å². The van der Waals surface area contributed by atoms with Crippen LogP contribution in [-0.4, -0.2) is 58.5 Å². The Morgan fingerprint density at radius 2 is 2.21 bits per heavy atom. The van der Waals surface area contributed by atoms with Crippen LogP contribution in [0.25, 0.3) is 11.0 Å². The third-order valence-electron chi connectivity index (χ3n) is 4.46. The lowest BCUT2D eigenvalue weighted by molar-refractivity contribution is -0.122. The van der Waals surface area contributed by atoms with E-state index in [0.717, 1.165) is 0 Å². The van der Waals surface area contributed by atoms with Crippen molar-refractivity contribution in [1.82, 2.24) is 15.3 Å². The number of amides is 1. The third-order valence-corrected chi connectivity index (χ3v) is 4.46. The molecule has 7 nitrogen and oxygen atoms in total. The summed E-state index contributed by atoms with van der Waals surface area (Å²) in [4.78, 5) is 19.5. The summed E-state index contributed by atoms with van der Waals surface area (Å²) in [6, 6.07) is 4.09. The largest absolute Gasteiger partial charge is 0.388 e. The van der Waals surface area contributed by atoms with Gasteiger partial charge in [-0.2, -0.15) is 0 Å². The Morgan fingerprint density at radius 1 is 1.38 bits per heavy atom. The number of H-pyrrole nitrogens is 1. The molecule has 2 aliphatic heterocycles. The monoisotopic (exact) mass is 335 g/mol. The normalized spacial score (nSPS) is 29.1. The second-order valence-corrected chi connectivity index (χ2v) is 6.18. The Hall–Kier alpha value is -2.03. The molecule has 3 N–H and O–H groups in total. The number of aryl methyl sites for hydroxylation is 1. The van der Waals surface area contributed by atoms with Crippen molar-refractivity contribution < 1.29 is 23.8 Å². The highest BCUT2D eigenvalue weighted by Gasteiger charge is 2.47. The zero-order valence-corrected chi connectivity index (χ0v) is 12.9. The number of carbonyl (C=O) groups is 1. The smallest absolute Gasteiger partial charge is 0.220 e. The molecule has 2 aliphatic rings. The number of fused-ring (bicyclic) bond motifs is 2. The van der Waals surface area contributed by atoms with Crippen LogP contribution < -0.4 is 5.32 Å². The number of halogens is 1. The van der Waals surface area contributed by atoms with Crippen molar-refractivity contribution in [2.45, 2.75) is 37.2 Å². The van der Waals surface area contributed by atoms with Gasteiger partial charge in [-0.25, -0.2) is 9.37 Å². The number of aromatic amines is 1. The van der Waals surface area contributed by atoms with Crippen LogP contribution in [0.15, 0.2) is 18.2 Å². The lowest BCUT2D eigenvalue weighted by Crippen LogP contribution is -2.44. The molecule has 4 rings (SSSR count). The molecule has 4 atom stereocenters. The minimum absolute atomic E-state index is 0.138. The van der Waals surface area contributed by atoms with E-state index in [1.165, 1.54) is 12.1 Å². The van der Waals surface area contributed by atoms with Crippen molar-refractivity contribution in [2.24, 2.45) is 0 Å². The second-order valence-electron chi connectivity index (χ2n) is 6.18. The summed E-state index contributed by atoms with van der Waals surface area (Å²) in [5.41, 5.74) is 1.29. The molecule has 1 amide bonds. The zero-order valence-electron chi connectivity index (χ0n) is 12.9. The van der Waals surface area contributed by atoms with Gasteiger partial charge >= 0.3 is 0 Å². The molecule has 0 unspecified atom stereocenters. The lowest BCUT2D eigenvalue weighted by Gasteiger charge is -2.17. The summed E-state index contributed by atoms with van der Waals surface area (Å²) in [6.07, 6.45) is -0.613. The van der Waals surface area contributed by atoms with Crippen molar-refractivity contribution in [3.63, 3.8) is 0 Å².